The number of piperidine rings is 1. The van der Waals surface area contributed by atoms with Crippen molar-refractivity contribution < 1.29 is 0 Å². The summed E-state index contributed by atoms with van der Waals surface area (Å²) in [5, 5.41) is 3.43. The van der Waals surface area contributed by atoms with Crippen molar-refractivity contribution in [2.75, 3.05) is 13.1 Å². The lowest BCUT2D eigenvalue weighted by atomic mass is 9.82. The van der Waals surface area contributed by atoms with E-state index in [1.165, 1.54) is 45.1 Å². The van der Waals surface area contributed by atoms with Crippen molar-refractivity contribution in [1.29, 1.82) is 0 Å². The van der Waals surface area contributed by atoms with E-state index in [0.717, 1.165) is 12.5 Å². The molecule has 0 spiro atoms. The lowest BCUT2D eigenvalue weighted by molar-refractivity contribution is 0.318. The van der Waals surface area contributed by atoms with E-state index in [2.05, 4.69) is 11.4 Å². The first-order chi connectivity index (χ1) is 5.95. The van der Waals surface area contributed by atoms with Gasteiger partial charge in [-0.2, -0.15) is 0 Å². The van der Waals surface area contributed by atoms with Gasteiger partial charge in [0.25, 0.3) is 0 Å². The zero-order valence-corrected chi connectivity index (χ0v) is 7.81. The Balaban J connectivity index is 1.73. The molecule has 0 radical (unpaired) electrons. The van der Waals surface area contributed by atoms with Crippen molar-refractivity contribution in [3.8, 4) is 0 Å². The number of nitrogens with one attached hydrogen (secondary N) is 1. The van der Waals surface area contributed by atoms with Crippen molar-refractivity contribution in [1.82, 2.24) is 5.32 Å². The van der Waals surface area contributed by atoms with Crippen LogP contribution in [0.15, 0.2) is 11.6 Å². The van der Waals surface area contributed by atoms with Crippen LogP contribution in [-0.2, 0) is 0 Å². The van der Waals surface area contributed by atoms with Crippen LogP contribution in [0.1, 0.15) is 38.5 Å². The van der Waals surface area contributed by atoms with Crippen molar-refractivity contribution in [3.05, 3.63) is 11.6 Å². The Kier molecular flexibility index (Phi) is 2.83. The Labute approximate surface area is 75.2 Å². The number of hydrogen-bond donors (Lipinski definition) is 1. The molecule has 0 unspecified atom stereocenters. The van der Waals surface area contributed by atoms with Crippen molar-refractivity contribution in [3.63, 3.8) is 0 Å². The molecule has 1 saturated heterocycles. The Morgan fingerprint density at radius 1 is 1.33 bits per heavy atom. The number of rotatable bonds is 2. The first kappa shape index (κ1) is 8.31. The Hall–Kier alpha value is -0.300. The first-order valence-corrected chi connectivity index (χ1v) is 5.34. The molecular formula is C11H19N. The molecule has 1 N–H and O–H groups in total. The van der Waals surface area contributed by atoms with E-state index in [1.807, 2.05) is 0 Å². The molecule has 0 atom stereocenters. The van der Waals surface area contributed by atoms with Gasteiger partial charge in [0.2, 0.25) is 0 Å². The van der Waals surface area contributed by atoms with Crippen LogP contribution in [0.4, 0.5) is 0 Å². The Bertz CT molecular complexity index is 160. The molecule has 0 aromatic rings. The monoisotopic (exact) mass is 165 g/mol. The fourth-order valence-electron chi connectivity index (χ4n) is 2.01. The molecular weight excluding hydrogens is 146 g/mol. The SMILES string of the molecule is C(/CC1CCC1)=C1\CCCNC1. The topological polar surface area (TPSA) is 12.0 Å². The van der Waals surface area contributed by atoms with Gasteiger partial charge < -0.3 is 5.32 Å². The molecule has 2 fully saturated rings. The molecule has 1 aliphatic heterocycles. The van der Waals surface area contributed by atoms with E-state index in [1.54, 1.807) is 5.57 Å². The minimum atomic E-state index is 1.04. The van der Waals surface area contributed by atoms with Gasteiger partial charge in [0.1, 0.15) is 0 Å². The maximum absolute atomic E-state index is 3.43. The minimum Gasteiger partial charge on any atom is -0.313 e. The van der Waals surface area contributed by atoms with Gasteiger partial charge in [-0.05, 0) is 31.7 Å². The van der Waals surface area contributed by atoms with Crippen LogP contribution >= 0.6 is 0 Å². The normalized spacial score (nSPS) is 28.8. The maximum atomic E-state index is 3.43. The third-order valence-corrected chi connectivity index (χ3v) is 3.17. The quantitative estimate of drug-likeness (QED) is 0.620. The third kappa shape index (κ3) is 2.10. The Morgan fingerprint density at radius 3 is 2.83 bits per heavy atom. The van der Waals surface area contributed by atoms with E-state index < -0.39 is 0 Å². The molecule has 0 aromatic carbocycles. The van der Waals surface area contributed by atoms with Crippen LogP contribution in [0.5, 0.6) is 0 Å². The van der Waals surface area contributed by atoms with E-state index in [9.17, 15) is 0 Å². The van der Waals surface area contributed by atoms with Gasteiger partial charge >= 0.3 is 0 Å². The van der Waals surface area contributed by atoms with Crippen LogP contribution in [0.25, 0.3) is 0 Å². The number of allylic oxidation sites excluding steroid dienone is 1. The van der Waals surface area contributed by atoms with Crippen LogP contribution in [-0.4, -0.2) is 13.1 Å². The molecule has 0 amide bonds. The van der Waals surface area contributed by atoms with Crippen LogP contribution in [0.2, 0.25) is 0 Å². The highest BCUT2D eigenvalue weighted by atomic mass is 14.9. The third-order valence-electron chi connectivity index (χ3n) is 3.17. The summed E-state index contributed by atoms with van der Waals surface area (Å²) in [5.74, 6) is 1.04. The molecule has 1 heteroatoms. The molecule has 1 heterocycles. The van der Waals surface area contributed by atoms with Gasteiger partial charge in [0.15, 0.2) is 0 Å². The smallest absolute Gasteiger partial charge is 0.0164 e. The van der Waals surface area contributed by atoms with Gasteiger partial charge in [-0.1, -0.05) is 30.9 Å². The van der Waals surface area contributed by atoms with Gasteiger partial charge in [0, 0.05) is 6.54 Å². The summed E-state index contributed by atoms with van der Waals surface area (Å²) in [6.07, 6.45) is 11.0. The van der Waals surface area contributed by atoms with Crippen LogP contribution in [0, 0.1) is 5.92 Å². The molecule has 12 heavy (non-hydrogen) atoms. The molecule has 1 nitrogen and oxygen atoms in total. The van der Waals surface area contributed by atoms with Crippen LogP contribution in [0.3, 0.4) is 0 Å². The maximum Gasteiger partial charge on any atom is 0.0164 e. The standard InChI is InChI=1S/C11H19N/c1-3-10(4-1)6-7-11-5-2-8-12-9-11/h7,10,12H,1-6,8-9H2/b11-7-. The summed E-state index contributed by atoms with van der Waals surface area (Å²) in [4.78, 5) is 0. The highest BCUT2D eigenvalue weighted by molar-refractivity contribution is 5.07. The molecule has 0 bridgehead atoms. The highest BCUT2D eigenvalue weighted by Gasteiger charge is 2.16. The lowest BCUT2D eigenvalue weighted by Gasteiger charge is -2.24. The van der Waals surface area contributed by atoms with Crippen molar-refractivity contribution in [2.24, 2.45) is 5.92 Å². The van der Waals surface area contributed by atoms with Crippen LogP contribution < -0.4 is 5.32 Å². The van der Waals surface area contributed by atoms with Gasteiger partial charge in [-0.25, -0.2) is 0 Å². The zero-order chi connectivity index (χ0) is 8.23. The lowest BCUT2D eigenvalue weighted by Crippen LogP contribution is -2.24. The van der Waals surface area contributed by atoms with E-state index in [0.29, 0.717) is 0 Å². The second-order valence-corrected chi connectivity index (χ2v) is 4.18. The number of hydrogen-bond acceptors (Lipinski definition) is 1. The summed E-state index contributed by atoms with van der Waals surface area (Å²) >= 11 is 0. The molecule has 2 rings (SSSR count). The summed E-state index contributed by atoms with van der Waals surface area (Å²) in [6.45, 7) is 2.38. The summed E-state index contributed by atoms with van der Waals surface area (Å²) in [7, 11) is 0. The van der Waals surface area contributed by atoms with E-state index in [-0.39, 0.29) is 0 Å². The average Bonchev–Trinajstić information content (AvgIpc) is 2.04. The second kappa shape index (κ2) is 4.08. The fraction of sp³-hybridized carbons (Fsp3) is 0.818. The molecule has 68 valence electrons. The Morgan fingerprint density at radius 2 is 2.25 bits per heavy atom. The van der Waals surface area contributed by atoms with Gasteiger partial charge in [0.05, 0.1) is 0 Å². The molecule has 2 aliphatic rings. The summed E-state index contributed by atoms with van der Waals surface area (Å²) in [6, 6.07) is 0. The zero-order valence-electron chi connectivity index (χ0n) is 7.81. The van der Waals surface area contributed by atoms with Crippen molar-refractivity contribution in [2.45, 2.75) is 38.5 Å². The second-order valence-electron chi connectivity index (χ2n) is 4.18. The highest BCUT2D eigenvalue weighted by Crippen LogP contribution is 2.30. The minimum absolute atomic E-state index is 1.04. The van der Waals surface area contributed by atoms with Gasteiger partial charge in [-0.15, -0.1) is 0 Å². The first-order valence-electron chi connectivity index (χ1n) is 5.34. The molecule has 0 aromatic heterocycles. The van der Waals surface area contributed by atoms with Crippen molar-refractivity contribution >= 4 is 0 Å². The average molecular weight is 165 g/mol. The van der Waals surface area contributed by atoms with E-state index >= 15 is 0 Å². The fourth-order valence-corrected chi connectivity index (χ4v) is 2.01. The summed E-state index contributed by atoms with van der Waals surface area (Å²) < 4.78 is 0. The molecule has 1 saturated carbocycles. The summed E-state index contributed by atoms with van der Waals surface area (Å²) in [5.41, 5.74) is 1.66. The largest absolute Gasteiger partial charge is 0.313 e. The predicted molar refractivity (Wildman–Crippen MR) is 52.1 cm³/mol. The molecule has 1 aliphatic carbocycles. The van der Waals surface area contributed by atoms with Gasteiger partial charge in [-0.3, -0.25) is 0 Å². The predicted octanol–water partition coefficient (Wildman–Crippen LogP) is 2.49. The van der Waals surface area contributed by atoms with E-state index in [4.69, 9.17) is 0 Å².